The average Bonchev–Trinajstić information content (AvgIpc) is 3.29. The Bertz CT molecular complexity index is 1370. The van der Waals surface area contributed by atoms with Gasteiger partial charge in [-0.1, -0.05) is 152 Å². The second kappa shape index (κ2) is 45.4. The third-order valence-electron chi connectivity index (χ3n) is 10.3. The fraction of sp³-hybridized carbons (Fsp3) is 0.796. The van der Waals surface area contributed by atoms with E-state index in [1.165, 1.54) is 70.6 Å². The molecule has 0 spiro atoms. The van der Waals surface area contributed by atoms with Crippen molar-refractivity contribution in [2.24, 2.45) is 0 Å². The SMILES string of the molecule is CCCCC/C=C\C/C=C\C/C=C\CCCCCCCCC(=O)OCC(O)COP(=O)(O)OCC(O)COP(=O)(O)OCC(O)COC(=O)CCCCCCCCC/C=C\CCCCCC. The van der Waals surface area contributed by atoms with Crippen molar-refractivity contribution in [3.8, 4) is 0 Å². The molecule has 0 aromatic heterocycles. The molecule has 0 aromatic carbocycles. The summed E-state index contributed by atoms with van der Waals surface area (Å²) >= 11 is 0. The van der Waals surface area contributed by atoms with E-state index in [9.17, 15) is 43.8 Å². The number of unbranched alkanes of at least 4 members (excludes halogenated alkanes) is 20. The van der Waals surface area contributed by atoms with Crippen LogP contribution in [0.1, 0.15) is 194 Å². The Morgan fingerprint density at radius 3 is 1.02 bits per heavy atom. The minimum atomic E-state index is -4.79. The van der Waals surface area contributed by atoms with Crippen molar-refractivity contribution >= 4 is 27.6 Å². The molecule has 0 rings (SSSR count). The van der Waals surface area contributed by atoms with Crippen molar-refractivity contribution < 1.29 is 71.4 Å². The Hall–Kier alpha value is -2.00. The maximum Gasteiger partial charge on any atom is 0.472 e. The van der Waals surface area contributed by atoms with Gasteiger partial charge in [0, 0.05) is 12.8 Å². The number of phosphoric ester groups is 2. The van der Waals surface area contributed by atoms with Gasteiger partial charge in [-0.3, -0.25) is 27.7 Å². The lowest BCUT2D eigenvalue weighted by molar-refractivity contribution is -0.148. The quantitative estimate of drug-likeness (QED) is 0.0165. The number of rotatable bonds is 48. The van der Waals surface area contributed by atoms with Crippen LogP contribution in [0.3, 0.4) is 0 Å². The molecular weight excluding hydrogens is 890 g/mol. The van der Waals surface area contributed by atoms with Crippen LogP contribution in [-0.4, -0.2) is 95.0 Å². The van der Waals surface area contributed by atoms with Crippen LogP contribution in [0.25, 0.3) is 0 Å². The van der Waals surface area contributed by atoms with Crippen LogP contribution in [0, 0.1) is 0 Å². The van der Waals surface area contributed by atoms with Crippen molar-refractivity contribution in [3.63, 3.8) is 0 Å². The van der Waals surface area contributed by atoms with E-state index in [4.69, 9.17) is 9.47 Å². The van der Waals surface area contributed by atoms with Crippen LogP contribution in [0.4, 0.5) is 0 Å². The Morgan fingerprint density at radius 1 is 0.394 bits per heavy atom. The van der Waals surface area contributed by atoms with E-state index in [1.54, 1.807) is 0 Å². The number of carbonyl (C=O) groups is 2. The molecule has 0 aliphatic carbocycles. The molecule has 0 fully saturated rings. The summed E-state index contributed by atoms with van der Waals surface area (Å²) in [4.78, 5) is 43.8. The second-order valence-corrected chi connectivity index (χ2v) is 19.7. The third-order valence-corrected chi connectivity index (χ3v) is 12.2. The lowest BCUT2D eigenvalue weighted by atomic mass is 10.1. The maximum absolute atomic E-state index is 12.2. The Kier molecular flexibility index (Phi) is 44.1. The molecule has 0 saturated carbocycles. The Morgan fingerprint density at radius 2 is 0.652 bits per heavy atom. The van der Waals surface area contributed by atoms with E-state index in [0.29, 0.717) is 12.8 Å². The Balaban J connectivity index is 3.89. The summed E-state index contributed by atoms with van der Waals surface area (Å²) < 4.78 is 53.0. The molecule has 0 aliphatic heterocycles. The van der Waals surface area contributed by atoms with Gasteiger partial charge in [0.15, 0.2) is 0 Å². The maximum atomic E-state index is 12.2. The minimum absolute atomic E-state index is 0.181. The minimum Gasteiger partial charge on any atom is -0.463 e. The first-order chi connectivity index (χ1) is 31.8. The van der Waals surface area contributed by atoms with E-state index in [1.807, 2.05) is 0 Å². The van der Waals surface area contributed by atoms with Crippen LogP contribution >= 0.6 is 15.6 Å². The molecular formula is C49H90O15P2. The number of carbonyl (C=O) groups excluding carboxylic acids is 2. The summed E-state index contributed by atoms with van der Waals surface area (Å²) in [6.45, 7) is 0.368. The molecule has 15 nitrogen and oxygen atoms in total. The molecule has 0 aromatic rings. The summed E-state index contributed by atoms with van der Waals surface area (Å²) in [6.07, 6.45) is 42.3. The topological polar surface area (TPSA) is 225 Å². The zero-order valence-corrected chi connectivity index (χ0v) is 42.4. The highest BCUT2D eigenvalue weighted by atomic mass is 31.2. The predicted molar refractivity (Wildman–Crippen MR) is 261 cm³/mol. The van der Waals surface area contributed by atoms with Gasteiger partial charge in [0.2, 0.25) is 0 Å². The standard InChI is InChI=1S/C49H90O15P2/c1-3-5-7-9-11-13-15-17-19-20-21-22-24-26-28-30-32-34-36-38-49(54)60-40-46(51)42-62-66(57,58)64-44-47(52)43-63-65(55,56)61-41-45(50)39-59-48(53)37-35-33-31-29-27-25-23-18-16-14-12-10-8-6-4-2/h11,13-14,16-17,19,21-22,45-47,50-52H,3-10,12,15,18,20,23-44H2,1-2H3,(H,55,56)(H,57,58)/b13-11-,16-14-,19-17-,22-21-. The van der Waals surface area contributed by atoms with Gasteiger partial charge < -0.3 is 34.6 Å². The molecule has 5 atom stereocenters. The molecule has 386 valence electrons. The van der Waals surface area contributed by atoms with Crippen LogP contribution in [0.15, 0.2) is 48.6 Å². The average molecular weight is 981 g/mol. The van der Waals surface area contributed by atoms with Gasteiger partial charge in [0.05, 0.1) is 26.4 Å². The van der Waals surface area contributed by atoms with Crippen LogP contribution < -0.4 is 0 Å². The van der Waals surface area contributed by atoms with Crippen LogP contribution in [0.2, 0.25) is 0 Å². The van der Waals surface area contributed by atoms with Crippen molar-refractivity contribution in [2.45, 2.75) is 212 Å². The van der Waals surface area contributed by atoms with Gasteiger partial charge in [-0.2, -0.15) is 0 Å². The van der Waals surface area contributed by atoms with E-state index in [0.717, 1.165) is 83.5 Å². The van der Waals surface area contributed by atoms with Crippen molar-refractivity contribution in [3.05, 3.63) is 48.6 Å². The van der Waals surface area contributed by atoms with Crippen molar-refractivity contribution in [1.29, 1.82) is 0 Å². The number of hydrogen-bond donors (Lipinski definition) is 5. The van der Waals surface area contributed by atoms with Crippen molar-refractivity contribution in [2.75, 3.05) is 39.6 Å². The van der Waals surface area contributed by atoms with Gasteiger partial charge in [-0.15, -0.1) is 0 Å². The second-order valence-electron chi connectivity index (χ2n) is 16.8. The van der Waals surface area contributed by atoms with E-state index in [2.05, 4.69) is 80.6 Å². The molecule has 0 radical (unpaired) electrons. The smallest absolute Gasteiger partial charge is 0.463 e. The third kappa shape index (κ3) is 47.1. The number of aliphatic hydroxyl groups is 3. The van der Waals surface area contributed by atoms with Gasteiger partial charge in [0.1, 0.15) is 31.5 Å². The molecule has 0 amide bonds. The molecule has 0 aliphatic rings. The number of esters is 2. The number of allylic oxidation sites excluding steroid dienone is 8. The first-order valence-electron chi connectivity index (χ1n) is 25.0. The van der Waals surface area contributed by atoms with E-state index in [-0.39, 0.29) is 12.8 Å². The highest BCUT2D eigenvalue weighted by molar-refractivity contribution is 7.47. The predicted octanol–water partition coefficient (Wildman–Crippen LogP) is 11.6. The number of hydrogen-bond acceptors (Lipinski definition) is 13. The lowest BCUT2D eigenvalue weighted by Crippen LogP contribution is -2.25. The van der Waals surface area contributed by atoms with Crippen LogP contribution in [-0.2, 0) is 46.3 Å². The highest BCUT2D eigenvalue weighted by Crippen LogP contribution is 2.45. The molecule has 66 heavy (non-hydrogen) atoms. The van der Waals surface area contributed by atoms with Crippen molar-refractivity contribution in [1.82, 2.24) is 0 Å². The monoisotopic (exact) mass is 981 g/mol. The highest BCUT2D eigenvalue weighted by Gasteiger charge is 2.28. The lowest BCUT2D eigenvalue weighted by Gasteiger charge is -2.19. The summed E-state index contributed by atoms with van der Waals surface area (Å²) in [5, 5.41) is 30.0. The number of aliphatic hydroxyl groups excluding tert-OH is 3. The molecule has 0 heterocycles. The van der Waals surface area contributed by atoms with Gasteiger partial charge in [0.25, 0.3) is 0 Å². The Labute approximate surface area is 398 Å². The molecule has 0 bridgehead atoms. The van der Waals surface area contributed by atoms with Gasteiger partial charge in [-0.25, -0.2) is 9.13 Å². The zero-order chi connectivity index (χ0) is 48.8. The summed E-state index contributed by atoms with van der Waals surface area (Å²) in [6, 6.07) is 0. The van der Waals surface area contributed by atoms with Gasteiger partial charge >= 0.3 is 27.6 Å². The summed E-state index contributed by atoms with van der Waals surface area (Å²) in [5.74, 6) is -1.01. The van der Waals surface area contributed by atoms with E-state index < -0.39 is 85.5 Å². The molecule has 5 unspecified atom stereocenters. The molecule has 0 saturated heterocycles. The zero-order valence-electron chi connectivity index (χ0n) is 40.6. The molecule has 17 heteroatoms. The fourth-order valence-electron chi connectivity index (χ4n) is 6.33. The van der Waals surface area contributed by atoms with Gasteiger partial charge in [-0.05, 0) is 77.0 Å². The molecule has 5 N–H and O–H groups in total. The number of phosphoric acid groups is 2. The first kappa shape index (κ1) is 64.0. The largest absolute Gasteiger partial charge is 0.472 e. The summed E-state index contributed by atoms with van der Waals surface area (Å²) in [7, 11) is -9.58. The first-order valence-corrected chi connectivity index (χ1v) is 28.0. The van der Waals surface area contributed by atoms with E-state index >= 15 is 0 Å². The fourth-order valence-corrected chi connectivity index (χ4v) is 7.92. The normalized spacial score (nSPS) is 15.4. The summed E-state index contributed by atoms with van der Waals surface area (Å²) in [5.41, 5.74) is 0. The number of ether oxygens (including phenoxy) is 2. The van der Waals surface area contributed by atoms with Crippen LogP contribution in [0.5, 0.6) is 0 Å².